The average Bonchev–Trinajstić information content (AvgIpc) is 2.59. The third-order valence-corrected chi connectivity index (χ3v) is 3.59. The summed E-state index contributed by atoms with van der Waals surface area (Å²) < 4.78 is 15.2. The Hall–Kier alpha value is -2.90. The Balaban J connectivity index is 3.17. The number of nitrogens with zero attached hydrogens (tertiary/aromatic N) is 1. The first kappa shape index (κ1) is 21.1. The quantitative estimate of drug-likeness (QED) is 0.218. The molecule has 0 fully saturated rings. The number of methoxy groups -OCH3 is 1. The Kier molecular flexibility index (Phi) is 8.27. The van der Waals surface area contributed by atoms with Gasteiger partial charge in [0.05, 0.1) is 13.7 Å². The van der Waals surface area contributed by atoms with Gasteiger partial charge in [-0.1, -0.05) is 26.0 Å². The van der Waals surface area contributed by atoms with Gasteiger partial charge in [0.25, 0.3) is 0 Å². The van der Waals surface area contributed by atoms with Gasteiger partial charge < -0.3 is 14.2 Å². The van der Waals surface area contributed by atoms with Gasteiger partial charge in [0, 0.05) is 10.8 Å². The van der Waals surface area contributed by atoms with E-state index in [1.165, 1.54) is 19.3 Å². The molecule has 1 atom stereocenters. The predicted molar refractivity (Wildman–Crippen MR) is 93.3 cm³/mol. The number of carbonyl (C=O) groups excluding carboxylic acids is 2. The molecular formula is C18H23NO7. The molecule has 0 aliphatic rings. The maximum Gasteiger partial charge on any atom is 0.374 e. The molecule has 0 saturated heterocycles. The van der Waals surface area contributed by atoms with Crippen molar-refractivity contribution >= 4 is 11.9 Å². The van der Waals surface area contributed by atoms with Crippen LogP contribution in [0.3, 0.4) is 0 Å². The van der Waals surface area contributed by atoms with Crippen molar-refractivity contribution in [2.45, 2.75) is 20.8 Å². The fraction of sp³-hybridized carbons (Fsp3) is 0.444. The second-order valence-corrected chi connectivity index (χ2v) is 5.76. The van der Waals surface area contributed by atoms with Crippen LogP contribution in [0.4, 0.5) is 0 Å². The van der Waals surface area contributed by atoms with E-state index in [2.05, 4.69) is 0 Å². The smallest absolute Gasteiger partial charge is 0.374 e. The maximum atomic E-state index is 12.4. The van der Waals surface area contributed by atoms with Gasteiger partial charge in [0.2, 0.25) is 12.3 Å². The van der Waals surface area contributed by atoms with Crippen LogP contribution in [-0.2, 0) is 14.3 Å². The average molecular weight is 365 g/mol. The van der Waals surface area contributed by atoms with E-state index in [4.69, 9.17) is 14.2 Å². The lowest BCUT2D eigenvalue weighted by Crippen LogP contribution is -2.22. The van der Waals surface area contributed by atoms with Gasteiger partial charge in [-0.25, -0.2) is 9.59 Å². The Bertz CT molecular complexity index is 682. The van der Waals surface area contributed by atoms with Crippen LogP contribution in [0.25, 0.3) is 0 Å². The van der Waals surface area contributed by atoms with Crippen molar-refractivity contribution < 1.29 is 28.7 Å². The Labute approximate surface area is 151 Å². The third-order valence-electron chi connectivity index (χ3n) is 3.59. The maximum absolute atomic E-state index is 12.4. The Morgan fingerprint density at radius 1 is 1.27 bits per heavy atom. The number of esters is 2. The first-order valence-corrected chi connectivity index (χ1v) is 8.16. The minimum absolute atomic E-state index is 0.0734. The van der Waals surface area contributed by atoms with Crippen LogP contribution in [0.1, 0.15) is 31.1 Å². The van der Waals surface area contributed by atoms with Crippen LogP contribution < -0.4 is 4.74 Å². The number of benzene rings is 1. The molecule has 0 heterocycles. The lowest BCUT2D eigenvalue weighted by Gasteiger charge is -2.15. The van der Waals surface area contributed by atoms with Gasteiger partial charge in [0.15, 0.2) is 0 Å². The van der Waals surface area contributed by atoms with E-state index in [0.717, 1.165) is 0 Å². The van der Waals surface area contributed by atoms with Crippen LogP contribution in [0.15, 0.2) is 36.1 Å². The first-order valence-electron chi connectivity index (χ1n) is 8.16. The normalized spacial score (nSPS) is 12.4. The molecule has 1 aromatic rings. The number of nitro groups is 1. The fourth-order valence-electron chi connectivity index (χ4n) is 2.14. The molecule has 0 bridgehead atoms. The van der Waals surface area contributed by atoms with Crippen molar-refractivity contribution in [2.24, 2.45) is 11.8 Å². The third kappa shape index (κ3) is 6.19. The summed E-state index contributed by atoms with van der Waals surface area (Å²) in [6.45, 7) is 4.83. The van der Waals surface area contributed by atoms with Crippen LogP contribution >= 0.6 is 0 Å². The summed E-state index contributed by atoms with van der Waals surface area (Å²) in [6, 6.07) is 6.37. The van der Waals surface area contributed by atoms with Crippen LogP contribution in [-0.4, -0.2) is 37.1 Å². The lowest BCUT2D eigenvalue weighted by molar-refractivity contribution is -0.487. The summed E-state index contributed by atoms with van der Waals surface area (Å²) in [5, 5.41) is 10.9. The fourth-order valence-corrected chi connectivity index (χ4v) is 2.14. The van der Waals surface area contributed by atoms with Gasteiger partial charge >= 0.3 is 11.9 Å². The van der Waals surface area contributed by atoms with Gasteiger partial charge in [0.1, 0.15) is 11.3 Å². The minimum atomic E-state index is -0.857. The van der Waals surface area contributed by atoms with Gasteiger partial charge in [-0.3, -0.25) is 10.1 Å². The second-order valence-electron chi connectivity index (χ2n) is 5.76. The Morgan fingerprint density at radius 2 is 1.92 bits per heavy atom. The van der Waals surface area contributed by atoms with Gasteiger partial charge in [-0.2, -0.15) is 0 Å². The molecule has 1 aromatic carbocycles. The molecule has 0 spiro atoms. The van der Waals surface area contributed by atoms with Gasteiger partial charge in [-0.05, 0) is 31.1 Å². The van der Waals surface area contributed by atoms with Crippen LogP contribution in [0, 0.1) is 22.0 Å². The predicted octanol–water partition coefficient (Wildman–Crippen LogP) is 2.85. The first-order chi connectivity index (χ1) is 12.3. The minimum Gasteiger partial charge on any atom is -0.496 e. The van der Waals surface area contributed by atoms with Gasteiger partial charge in [-0.15, -0.1) is 0 Å². The summed E-state index contributed by atoms with van der Waals surface area (Å²) in [5.74, 6) is -2.51. The van der Waals surface area contributed by atoms with Crippen LogP contribution in [0.2, 0.25) is 0 Å². The summed E-state index contributed by atoms with van der Waals surface area (Å²) >= 11 is 0. The molecule has 142 valence electrons. The molecule has 1 rings (SSSR count). The molecule has 0 radical (unpaired) electrons. The van der Waals surface area contributed by atoms with Crippen molar-refractivity contribution in [3.63, 3.8) is 0 Å². The van der Waals surface area contributed by atoms with Crippen molar-refractivity contribution in [2.75, 3.05) is 20.3 Å². The van der Waals surface area contributed by atoms with E-state index in [1.54, 1.807) is 39.0 Å². The topological polar surface area (TPSA) is 105 Å². The highest BCUT2D eigenvalue weighted by atomic mass is 16.6. The van der Waals surface area contributed by atoms with E-state index in [0.29, 0.717) is 0 Å². The monoisotopic (exact) mass is 365 g/mol. The molecule has 8 heteroatoms. The number of carbonyl (C=O) groups is 2. The molecule has 0 amide bonds. The molecule has 0 aliphatic carbocycles. The lowest BCUT2D eigenvalue weighted by atomic mass is 9.95. The molecule has 8 nitrogen and oxygen atoms in total. The molecule has 0 unspecified atom stereocenters. The molecule has 26 heavy (non-hydrogen) atoms. The van der Waals surface area contributed by atoms with E-state index in [9.17, 15) is 19.7 Å². The largest absolute Gasteiger partial charge is 0.496 e. The number of para-hydroxylation sites is 1. The highest BCUT2D eigenvalue weighted by Gasteiger charge is 2.25. The number of rotatable bonds is 9. The van der Waals surface area contributed by atoms with E-state index >= 15 is 0 Å². The van der Waals surface area contributed by atoms with Crippen molar-refractivity contribution in [1.29, 1.82) is 0 Å². The molecule has 0 aliphatic heterocycles. The van der Waals surface area contributed by atoms with Crippen molar-refractivity contribution in [3.05, 3.63) is 51.8 Å². The zero-order chi connectivity index (χ0) is 19.7. The number of hydrogen-bond donors (Lipinski definition) is 0. The number of hydrogen-bond acceptors (Lipinski definition) is 7. The summed E-state index contributed by atoms with van der Waals surface area (Å²) in [7, 11) is 1.40. The zero-order valence-electron chi connectivity index (χ0n) is 15.3. The summed E-state index contributed by atoms with van der Waals surface area (Å²) in [5.41, 5.74) is 0.126. The number of ether oxygens (including phenoxy) is 3. The standard InChI is InChI=1S/C18H23NO7/c1-5-25-18(21)16(10-13(12(2)3)11-19(22)23)26-17(20)14-8-6-7-9-15(14)24-4/h6-10,12-13H,5,11H2,1-4H3/b16-10-/t13-/m0/s1. The molecule has 0 saturated carbocycles. The highest BCUT2D eigenvalue weighted by molar-refractivity contribution is 5.97. The molecular weight excluding hydrogens is 342 g/mol. The summed E-state index contributed by atoms with van der Waals surface area (Å²) in [4.78, 5) is 34.9. The molecule has 0 aromatic heterocycles. The van der Waals surface area contributed by atoms with Crippen molar-refractivity contribution in [3.8, 4) is 5.75 Å². The zero-order valence-corrected chi connectivity index (χ0v) is 15.3. The second kappa shape index (κ2) is 10.2. The SMILES string of the molecule is CCOC(=O)/C(=C/[C@@H](C[N+](=O)[O-])C(C)C)OC(=O)c1ccccc1OC. The van der Waals surface area contributed by atoms with E-state index in [1.807, 2.05) is 0 Å². The van der Waals surface area contributed by atoms with E-state index in [-0.39, 0.29) is 29.6 Å². The van der Waals surface area contributed by atoms with Crippen LogP contribution in [0.5, 0.6) is 5.75 Å². The molecule has 0 N–H and O–H groups in total. The summed E-state index contributed by atoms with van der Waals surface area (Å²) in [6.07, 6.45) is 1.28. The van der Waals surface area contributed by atoms with E-state index < -0.39 is 29.3 Å². The highest BCUT2D eigenvalue weighted by Crippen LogP contribution is 2.22. The Morgan fingerprint density at radius 3 is 2.46 bits per heavy atom. The van der Waals surface area contributed by atoms with Crippen molar-refractivity contribution in [1.82, 2.24) is 0 Å².